The molecule has 0 unspecified atom stereocenters. The fraction of sp³-hybridized carbons (Fsp3) is 0.200. The van der Waals surface area contributed by atoms with Gasteiger partial charge in [-0.2, -0.15) is 5.26 Å². The second-order valence-electron chi connectivity index (χ2n) is 5.83. The number of nitriles is 1. The standard InChI is InChI=1S/C20H15FN2O2/c1-2-5-13-16(10-12-8-9-23-17(11-22)18(12)21)20(25)15-7-4-3-6-14(15)19(13)24/h3-4,6-9H,2,5,10H2,1H3. The Kier molecular flexibility index (Phi) is 4.53. The average Bonchev–Trinajstić information content (AvgIpc) is 2.64. The van der Waals surface area contributed by atoms with Crippen LogP contribution in [0.1, 0.15) is 51.7 Å². The van der Waals surface area contributed by atoms with Gasteiger partial charge in [-0.25, -0.2) is 9.37 Å². The van der Waals surface area contributed by atoms with Crippen LogP contribution in [0.3, 0.4) is 0 Å². The second-order valence-corrected chi connectivity index (χ2v) is 5.83. The maximum Gasteiger partial charge on any atom is 0.190 e. The summed E-state index contributed by atoms with van der Waals surface area (Å²) in [5, 5.41) is 8.92. The van der Waals surface area contributed by atoms with Crippen LogP contribution in [0.25, 0.3) is 0 Å². The molecule has 25 heavy (non-hydrogen) atoms. The van der Waals surface area contributed by atoms with Gasteiger partial charge >= 0.3 is 0 Å². The van der Waals surface area contributed by atoms with Crippen LogP contribution in [0.5, 0.6) is 0 Å². The van der Waals surface area contributed by atoms with Crippen LogP contribution in [0, 0.1) is 17.1 Å². The third-order valence-corrected chi connectivity index (χ3v) is 4.27. The van der Waals surface area contributed by atoms with Crippen LogP contribution >= 0.6 is 0 Å². The second kappa shape index (κ2) is 6.78. The average molecular weight is 334 g/mol. The van der Waals surface area contributed by atoms with Crippen molar-refractivity contribution in [1.29, 1.82) is 5.26 Å². The summed E-state index contributed by atoms with van der Waals surface area (Å²) in [7, 11) is 0. The molecule has 1 aromatic carbocycles. The van der Waals surface area contributed by atoms with Crippen molar-refractivity contribution in [3.8, 4) is 6.07 Å². The van der Waals surface area contributed by atoms with Crippen LogP contribution in [0.2, 0.25) is 0 Å². The Morgan fingerprint density at radius 2 is 1.72 bits per heavy atom. The summed E-state index contributed by atoms with van der Waals surface area (Å²) in [6.07, 6.45) is 2.45. The van der Waals surface area contributed by atoms with E-state index in [0.29, 0.717) is 35.1 Å². The highest BCUT2D eigenvalue weighted by molar-refractivity contribution is 6.27. The van der Waals surface area contributed by atoms with Crippen LogP contribution in [-0.4, -0.2) is 16.6 Å². The number of Topliss-reactive ketones (excluding diaryl/α,β-unsaturated/α-hetero) is 2. The van der Waals surface area contributed by atoms with E-state index in [1.165, 1.54) is 12.3 Å². The van der Waals surface area contributed by atoms with Gasteiger partial charge in [0.05, 0.1) is 0 Å². The lowest BCUT2D eigenvalue weighted by Gasteiger charge is -2.21. The van der Waals surface area contributed by atoms with Crippen molar-refractivity contribution in [2.75, 3.05) is 0 Å². The van der Waals surface area contributed by atoms with E-state index in [0.717, 1.165) is 0 Å². The number of carbonyl (C=O) groups excluding carboxylic acids is 2. The lowest BCUT2D eigenvalue weighted by Crippen LogP contribution is -2.23. The van der Waals surface area contributed by atoms with Crippen molar-refractivity contribution in [3.05, 3.63) is 75.9 Å². The quantitative estimate of drug-likeness (QED) is 0.852. The van der Waals surface area contributed by atoms with Crippen molar-refractivity contribution in [1.82, 2.24) is 4.98 Å². The number of halogens is 1. The van der Waals surface area contributed by atoms with E-state index in [1.54, 1.807) is 30.3 Å². The summed E-state index contributed by atoms with van der Waals surface area (Å²) in [5.41, 5.74) is 1.35. The van der Waals surface area contributed by atoms with Gasteiger partial charge in [-0.3, -0.25) is 9.59 Å². The number of hydrogen-bond donors (Lipinski definition) is 0. The van der Waals surface area contributed by atoms with E-state index in [1.807, 2.05) is 6.92 Å². The number of nitrogens with zero attached hydrogens (tertiary/aromatic N) is 2. The predicted molar refractivity (Wildman–Crippen MR) is 89.7 cm³/mol. The Hall–Kier alpha value is -3.13. The third kappa shape index (κ3) is 2.87. The van der Waals surface area contributed by atoms with Gasteiger partial charge in [0, 0.05) is 34.9 Å². The number of allylic oxidation sites excluding steroid dienone is 2. The van der Waals surface area contributed by atoms with Crippen molar-refractivity contribution in [3.63, 3.8) is 0 Å². The van der Waals surface area contributed by atoms with Gasteiger partial charge in [0.2, 0.25) is 0 Å². The first-order chi connectivity index (χ1) is 12.1. The van der Waals surface area contributed by atoms with Gasteiger partial charge in [-0.15, -0.1) is 0 Å². The molecule has 0 saturated heterocycles. The maximum atomic E-state index is 14.4. The molecule has 1 aliphatic carbocycles. The van der Waals surface area contributed by atoms with Crippen molar-refractivity contribution < 1.29 is 14.0 Å². The first-order valence-corrected chi connectivity index (χ1v) is 8.02. The van der Waals surface area contributed by atoms with Crippen molar-refractivity contribution in [2.24, 2.45) is 0 Å². The molecule has 2 aromatic rings. The molecule has 0 saturated carbocycles. The minimum Gasteiger partial charge on any atom is -0.289 e. The van der Waals surface area contributed by atoms with Gasteiger partial charge in [-0.05, 0) is 18.1 Å². The number of benzene rings is 1. The molecule has 0 bridgehead atoms. The molecule has 1 aromatic heterocycles. The molecule has 0 atom stereocenters. The number of aromatic nitrogens is 1. The fourth-order valence-corrected chi connectivity index (χ4v) is 3.07. The summed E-state index contributed by atoms with van der Waals surface area (Å²) >= 11 is 0. The Morgan fingerprint density at radius 1 is 1.08 bits per heavy atom. The summed E-state index contributed by atoms with van der Waals surface area (Å²) in [6.45, 7) is 1.92. The molecule has 1 heterocycles. The number of ketones is 2. The van der Waals surface area contributed by atoms with E-state index >= 15 is 0 Å². The Morgan fingerprint density at radius 3 is 2.32 bits per heavy atom. The minimum absolute atomic E-state index is 0.0305. The van der Waals surface area contributed by atoms with Gasteiger partial charge in [0.1, 0.15) is 6.07 Å². The molecule has 0 N–H and O–H groups in total. The Balaban J connectivity index is 2.12. The molecular weight excluding hydrogens is 319 g/mol. The summed E-state index contributed by atoms with van der Waals surface area (Å²) in [5.74, 6) is -1.18. The maximum absolute atomic E-state index is 14.4. The summed E-state index contributed by atoms with van der Waals surface area (Å²) in [6, 6.07) is 9.81. The lowest BCUT2D eigenvalue weighted by atomic mass is 9.80. The van der Waals surface area contributed by atoms with Gasteiger partial charge in [-0.1, -0.05) is 37.6 Å². The molecule has 0 radical (unpaired) electrons. The molecule has 4 nitrogen and oxygen atoms in total. The SMILES string of the molecule is CCCC1=C(Cc2ccnc(C#N)c2F)C(=O)c2ccccc2C1=O. The van der Waals surface area contributed by atoms with Crippen molar-refractivity contribution in [2.45, 2.75) is 26.2 Å². The van der Waals surface area contributed by atoms with Crippen LogP contribution < -0.4 is 0 Å². The molecule has 0 fully saturated rings. The number of hydrogen-bond acceptors (Lipinski definition) is 4. The lowest BCUT2D eigenvalue weighted by molar-refractivity contribution is 0.0969. The highest BCUT2D eigenvalue weighted by Gasteiger charge is 2.31. The number of carbonyl (C=O) groups is 2. The molecular formula is C20H15FN2O2. The first kappa shape index (κ1) is 16.7. The molecule has 3 rings (SSSR count). The van der Waals surface area contributed by atoms with Crippen LogP contribution in [-0.2, 0) is 6.42 Å². The Bertz CT molecular complexity index is 954. The molecule has 124 valence electrons. The highest BCUT2D eigenvalue weighted by Crippen LogP contribution is 2.31. The molecule has 0 aliphatic heterocycles. The number of fused-ring (bicyclic) bond motifs is 1. The van der Waals surface area contributed by atoms with Gasteiger partial charge < -0.3 is 0 Å². The highest BCUT2D eigenvalue weighted by atomic mass is 19.1. The van der Waals surface area contributed by atoms with E-state index in [9.17, 15) is 14.0 Å². The van der Waals surface area contributed by atoms with Gasteiger partial charge in [0.25, 0.3) is 0 Å². The van der Waals surface area contributed by atoms with E-state index in [2.05, 4.69) is 4.98 Å². The van der Waals surface area contributed by atoms with E-state index in [-0.39, 0.29) is 29.2 Å². The molecule has 0 amide bonds. The molecule has 5 heteroatoms. The van der Waals surface area contributed by atoms with Crippen molar-refractivity contribution >= 4 is 11.6 Å². The van der Waals surface area contributed by atoms with E-state index < -0.39 is 5.82 Å². The zero-order valence-electron chi connectivity index (χ0n) is 13.7. The smallest absolute Gasteiger partial charge is 0.190 e. The molecule has 1 aliphatic rings. The monoisotopic (exact) mass is 334 g/mol. The summed E-state index contributed by atoms with van der Waals surface area (Å²) in [4.78, 5) is 29.4. The normalized spacial score (nSPS) is 13.6. The Labute approximate surface area is 144 Å². The summed E-state index contributed by atoms with van der Waals surface area (Å²) < 4.78 is 14.4. The van der Waals surface area contributed by atoms with Gasteiger partial charge in [0.15, 0.2) is 23.1 Å². The number of pyridine rings is 1. The minimum atomic E-state index is -0.743. The zero-order chi connectivity index (χ0) is 18.0. The van der Waals surface area contributed by atoms with E-state index in [4.69, 9.17) is 5.26 Å². The topological polar surface area (TPSA) is 70.8 Å². The predicted octanol–water partition coefficient (Wildman–Crippen LogP) is 3.81. The fourth-order valence-electron chi connectivity index (χ4n) is 3.07. The van der Waals surface area contributed by atoms with Crippen LogP contribution in [0.4, 0.5) is 4.39 Å². The van der Waals surface area contributed by atoms with Crippen LogP contribution in [0.15, 0.2) is 47.7 Å². The largest absolute Gasteiger partial charge is 0.289 e. The number of rotatable bonds is 4. The first-order valence-electron chi connectivity index (χ1n) is 8.02. The molecule has 0 spiro atoms. The third-order valence-electron chi connectivity index (χ3n) is 4.27. The zero-order valence-corrected chi connectivity index (χ0v) is 13.7.